The van der Waals surface area contributed by atoms with Gasteiger partial charge in [-0.3, -0.25) is 6.08 Å². The quantitative estimate of drug-likeness (QED) is 0.0538. The fourth-order valence-electron chi connectivity index (χ4n) is 13.5. The van der Waals surface area contributed by atoms with Gasteiger partial charge in [0.1, 0.15) is 8.07 Å². The van der Waals surface area contributed by atoms with Crippen molar-refractivity contribution >= 4 is 23.6 Å². The van der Waals surface area contributed by atoms with Crippen molar-refractivity contribution in [3.05, 3.63) is 323 Å². The van der Waals surface area contributed by atoms with Crippen LogP contribution in [-0.2, 0) is 60.2 Å². The van der Waals surface area contributed by atoms with E-state index in [-0.39, 0.29) is 58.9 Å². The first-order valence-corrected chi connectivity index (χ1v) is 29.7. The summed E-state index contributed by atoms with van der Waals surface area (Å²) >= 11 is 0. The third kappa shape index (κ3) is 12.4. The summed E-state index contributed by atoms with van der Waals surface area (Å²) in [4.78, 5) is 0. The third-order valence-electron chi connectivity index (χ3n) is 17.8. The Morgan fingerprint density at radius 1 is 0.312 bits per heavy atom. The Morgan fingerprint density at radius 3 is 0.662 bits per heavy atom. The first kappa shape index (κ1) is 63.4. The van der Waals surface area contributed by atoms with Crippen molar-refractivity contribution in [3.63, 3.8) is 0 Å². The molecule has 9 aromatic rings. The number of allylic oxidation sites excluding steroid dienone is 4. The normalized spacial score (nSPS) is 13.8. The van der Waals surface area contributed by atoms with Crippen molar-refractivity contribution in [2.24, 2.45) is 0 Å². The van der Waals surface area contributed by atoms with Gasteiger partial charge < -0.3 is 37.2 Å². The Labute approximate surface area is 514 Å². The molecule has 0 radical (unpaired) electrons. The van der Waals surface area contributed by atoms with Crippen molar-refractivity contribution < 1.29 is 58.9 Å². The molecule has 1 unspecified atom stereocenters. The van der Waals surface area contributed by atoms with Crippen LogP contribution in [0.3, 0.4) is 0 Å². The zero-order valence-electron chi connectivity index (χ0n) is 48.4. The smallest absolute Gasteiger partial charge is 1.00 e. The topological polar surface area (TPSA) is 0 Å². The summed E-state index contributed by atoms with van der Waals surface area (Å²) in [5.74, 6) is 0. The molecular formula is C75H75Cl3SiTi. The van der Waals surface area contributed by atoms with E-state index < -0.39 is 13.1 Å². The van der Waals surface area contributed by atoms with Crippen LogP contribution in [0.15, 0.2) is 217 Å². The molecule has 0 bridgehead atoms. The van der Waals surface area contributed by atoms with Crippen molar-refractivity contribution in [3.8, 4) is 0 Å². The molecule has 5 heteroatoms. The first-order chi connectivity index (χ1) is 36.8. The summed E-state index contributed by atoms with van der Waals surface area (Å²) in [5, 5.41) is 4.17. The molecule has 0 saturated heterocycles. The van der Waals surface area contributed by atoms with E-state index in [0.29, 0.717) is 0 Å². The molecule has 0 nitrogen and oxygen atoms in total. The summed E-state index contributed by atoms with van der Waals surface area (Å²) in [6, 6.07) is 75.1. The zero-order chi connectivity index (χ0) is 53.1. The molecule has 10 rings (SSSR count). The van der Waals surface area contributed by atoms with E-state index in [9.17, 15) is 0 Å². The molecule has 1 aliphatic rings. The summed E-state index contributed by atoms with van der Waals surface area (Å²) in [6.45, 7) is 24.9. The molecule has 1 aliphatic carbocycles. The van der Waals surface area contributed by atoms with Gasteiger partial charge in [0.2, 0.25) is 0 Å². The molecule has 1 atom stereocenters. The summed E-state index contributed by atoms with van der Waals surface area (Å²) in [6.07, 6.45) is 9.67. The Bertz CT molecular complexity index is 3070. The maximum Gasteiger partial charge on any atom is 4.00 e. The van der Waals surface area contributed by atoms with E-state index in [1.54, 1.807) is 15.6 Å². The number of rotatable bonds is 16. The van der Waals surface area contributed by atoms with Crippen LogP contribution in [0.4, 0.5) is 0 Å². The van der Waals surface area contributed by atoms with E-state index in [1.807, 2.05) is 0 Å². The third-order valence-corrected chi connectivity index (χ3v) is 24.3. The van der Waals surface area contributed by atoms with Gasteiger partial charge in [-0.25, -0.2) is 5.57 Å². The molecule has 0 fully saturated rings. The van der Waals surface area contributed by atoms with Crippen LogP contribution in [0.25, 0.3) is 0 Å². The van der Waals surface area contributed by atoms with Gasteiger partial charge in [-0.1, -0.05) is 226 Å². The summed E-state index contributed by atoms with van der Waals surface area (Å²) < 4.78 is 0. The minimum Gasteiger partial charge on any atom is -1.00 e. The van der Waals surface area contributed by atoms with Crippen molar-refractivity contribution in [2.75, 3.05) is 0 Å². The van der Waals surface area contributed by atoms with Gasteiger partial charge in [0.25, 0.3) is 0 Å². The van der Waals surface area contributed by atoms with E-state index in [1.165, 1.54) is 117 Å². The second-order valence-electron chi connectivity index (χ2n) is 22.3. The van der Waals surface area contributed by atoms with Crippen LogP contribution < -0.4 is 52.8 Å². The van der Waals surface area contributed by atoms with Gasteiger partial charge in [-0.2, -0.15) is 11.1 Å². The van der Waals surface area contributed by atoms with Crippen LogP contribution in [0.5, 0.6) is 0 Å². The van der Waals surface area contributed by atoms with Gasteiger partial charge >= 0.3 is 21.7 Å². The molecule has 0 N–H and O–H groups in total. The monoisotopic (exact) mass is 1160 g/mol. The molecule has 0 amide bonds. The molecule has 9 aromatic carbocycles. The van der Waals surface area contributed by atoms with Crippen LogP contribution in [0.1, 0.15) is 128 Å². The van der Waals surface area contributed by atoms with Crippen molar-refractivity contribution in [1.82, 2.24) is 0 Å². The van der Waals surface area contributed by atoms with Gasteiger partial charge in [0.15, 0.2) is 0 Å². The predicted octanol–water partition coefficient (Wildman–Crippen LogP) is 7.42. The maximum absolute atomic E-state index is 4.55. The Kier molecular flexibility index (Phi) is 21.7. The SMILES string of the molecule is CC1=[C-]C(C)([Si](c2c(C)c(Cc3ccccc3)cc(Cc3ccccc3)c2C)(c2c(C)c(Cc3ccccc3)cc(Cc3ccccc3)c2C)c2c(C)c(Cc3ccccc3)cc(Cc3ccccc3)c2C)C(C)=C1C.[Cl-].[Cl-].[Cl-].[Ti+4]. The second kappa shape index (κ2) is 27.4. The van der Waals surface area contributed by atoms with Crippen molar-refractivity contribution in [1.29, 1.82) is 0 Å². The fourth-order valence-corrected chi connectivity index (χ4v) is 21.2. The molecule has 0 aromatic heterocycles. The van der Waals surface area contributed by atoms with Crippen LogP contribution in [0.2, 0.25) is 5.04 Å². The van der Waals surface area contributed by atoms with E-state index in [2.05, 4.69) is 276 Å². The van der Waals surface area contributed by atoms with Gasteiger partial charge in [0.05, 0.1) is 0 Å². The second-order valence-corrected chi connectivity index (χ2v) is 26.3. The molecule has 0 heterocycles. The predicted molar refractivity (Wildman–Crippen MR) is 327 cm³/mol. The Hall–Kier alpha value is -5.74. The molecule has 0 spiro atoms. The molecule has 404 valence electrons. The average Bonchev–Trinajstić information content (AvgIpc) is 2.27. The number of hydrogen-bond donors (Lipinski definition) is 0. The van der Waals surface area contributed by atoms with Gasteiger partial charge in [-0.15, -0.1) is 6.92 Å². The van der Waals surface area contributed by atoms with E-state index >= 15 is 0 Å². The zero-order valence-corrected chi connectivity index (χ0v) is 53.3. The summed E-state index contributed by atoms with van der Waals surface area (Å²) in [5.41, 5.74) is 29.2. The minimum absolute atomic E-state index is 0. The minimum atomic E-state index is -3.61. The first-order valence-electron chi connectivity index (χ1n) is 27.7. The molecular weight excluding hydrogens is 1080 g/mol. The number of halogens is 3. The average molecular weight is 1160 g/mol. The Balaban J connectivity index is 0.00000258. The van der Waals surface area contributed by atoms with E-state index in [4.69, 9.17) is 0 Å². The van der Waals surface area contributed by atoms with Crippen LogP contribution in [-0.4, -0.2) is 8.07 Å². The largest absolute Gasteiger partial charge is 4.00 e. The van der Waals surface area contributed by atoms with Crippen molar-refractivity contribution in [2.45, 2.75) is 113 Å². The Morgan fingerprint density at radius 2 is 0.500 bits per heavy atom. The fraction of sp³-hybridized carbons (Fsp3) is 0.227. The van der Waals surface area contributed by atoms with E-state index in [0.717, 1.165) is 38.5 Å². The molecule has 0 saturated carbocycles. The van der Waals surface area contributed by atoms with Crippen LogP contribution in [0, 0.1) is 47.6 Å². The maximum atomic E-state index is 4.55. The van der Waals surface area contributed by atoms with Crippen LogP contribution >= 0.6 is 0 Å². The standard InChI is InChI=1S/C75H75Si.3ClH.Ti/c1-51-50-75(10,59(9)52(51)2)76(72-53(3)66(41-60-29-17-11-18-30-60)47-67(54(72)4)42-61-31-19-12-20-32-61,73-55(5)68(43-62-33-21-13-22-34-62)48-69(56(73)6)44-63-35-23-14-24-36-63)74-57(7)70(45-64-37-25-15-26-38-64)49-71(58(74)8)46-65-39-27-16-28-40-65;;;;/h11-40,47-49H,41-46H2,1-10H3;3*1H;/q-1;;;;+4/p-3. The van der Waals surface area contributed by atoms with Gasteiger partial charge in [0, 0.05) is 0 Å². The number of hydrogen-bond acceptors (Lipinski definition) is 0. The number of benzene rings is 9. The molecule has 80 heavy (non-hydrogen) atoms. The van der Waals surface area contributed by atoms with Gasteiger partial charge in [-0.05, 0) is 196 Å². The molecule has 0 aliphatic heterocycles. The summed E-state index contributed by atoms with van der Waals surface area (Å²) in [7, 11) is -3.61.